The minimum Gasteiger partial charge on any atom is -0.333 e. The van der Waals surface area contributed by atoms with Gasteiger partial charge in [0.1, 0.15) is 17.2 Å². The largest absolute Gasteiger partial charge is 0.333 e. The maximum absolute atomic E-state index is 13.4. The summed E-state index contributed by atoms with van der Waals surface area (Å²) in [5, 5.41) is 4.18. The first-order valence-electron chi connectivity index (χ1n) is 10.9. The molecular formula is C23H22ClFN6O2S. The second kappa shape index (κ2) is 9.65. The van der Waals surface area contributed by atoms with E-state index in [1.807, 2.05) is 22.1 Å². The lowest BCUT2D eigenvalue weighted by atomic mass is 10.1. The molecule has 0 radical (unpaired) electrons. The van der Waals surface area contributed by atoms with Crippen LogP contribution in [0.3, 0.4) is 0 Å². The van der Waals surface area contributed by atoms with Gasteiger partial charge in [-0.25, -0.2) is 14.4 Å². The summed E-state index contributed by atoms with van der Waals surface area (Å²) >= 11 is 7.99. The van der Waals surface area contributed by atoms with Crippen molar-refractivity contribution in [2.24, 2.45) is 0 Å². The number of piperidine rings is 1. The lowest BCUT2D eigenvalue weighted by molar-refractivity contribution is -0.126. The second-order valence-corrected chi connectivity index (χ2v) is 9.41. The Morgan fingerprint density at radius 3 is 2.85 bits per heavy atom. The molecule has 1 amide bonds. The molecule has 0 spiro atoms. The van der Waals surface area contributed by atoms with Crippen molar-refractivity contribution in [1.29, 1.82) is 0 Å². The van der Waals surface area contributed by atoms with E-state index in [4.69, 9.17) is 11.6 Å². The lowest BCUT2D eigenvalue weighted by Gasteiger charge is -2.28. The summed E-state index contributed by atoms with van der Waals surface area (Å²) in [5.74, 6) is -0.203. The van der Waals surface area contributed by atoms with E-state index in [0.717, 1.165) is 21.7 Å². The summed E-state index contributed by atoms with van der Waals surface area (Å²) in [6.45, 7) is 1.19. The molecular weight excluding hydrogens is 479 g/mol. The summed E-state index contributed by atoms with van der Waals surface area (Å²) in [7, 11) is 0. The molecule has 2 N–H and O–H groups in total. The lowest BCUT2D eigenvalue weighted by Crippen LogP contribution is -2.47. The zero-order valence-electron chi connectivity index (χ0n) is 18.1. The monoisotopic (exact) mass is 500 g/mol. The number of H-pyrrole nitrogens is 1. The highest BCUT2D eigenvalue weighted by atomic mass is 35.5. The first kappa shape index (κ1) is 22.7. The number of carbonyl (C=O) groups excluding carboxylic acids is 1. The normalized spacial score (nSPS) is 15.1. The quantitative estimate of drug-likeness (QED) is 0.417. The van der Waals surface area contributed by atoms with E-state index in [-0.39, 0.29) is 24.4 Å². The van der Waals surface area contributed by atoms with Crippen LogP contribution in [0.25, 0.3) is 32.7 Å². The third-order valence-electron chi connectivity index (χ3n) is 5.89. The van der Waals surface area contributed by atoms with Gasteiger partial charge in [-0.2, -0.15) is 0 Å². The van der Waals surface area contributed by atoms with Crippen molar-refractivity contribution >= 4 is 39.9 Å². The van der Waals surface area contributed by atoms with Gasteiger partial charge in [0.2, 0.25) is 5.91 Å². The van der Waals surface area contributed by atoms with Crippen LogP contribution in [0.1, 0.15) is 19.3 Å². The topological polar surface area (TPSA) is 95.9 Å². The average Bonchev–Trinajstić information content (AvgIpc) is 3.41. The smallest absolute Gasteiger partial charge is 0.275 e. The molecule has 0 saturated carbocycles. The van der Waals surface area contributed by atoms with Crippen LogP contribution in [0, 0.1) is 0 Å². The number of hydrogen-bond donors (Lipinski definition) is 2. The molecule has 1 saturated heterocycles. The Kier molecular flexibility index (Phi) is 6.44. The van der Waals surface area contributed by atoms with Crippen LogP contribution in [0.5, 0.6) is 0 Å². The summed E-state index contributed by atoms with van der Waals surface area (Å²) in [4.78, 5) is 37.8. The zero-order chi connectivity index (χ0) is 23.7. The number of nitrogens with zero attached hydrogens (tertiary/aromatic N) is 4. The Morgan fingerprint density at radius 1 is 1.32 bits per heavy atom. The van der Waals surface area contributed by atoms with Crippen LogP contribution in [0.15, 0.2) is 47.1 Å². The Morgan fingerprint density at radius 2 is 2.15 bits per heavy atom. The van der Waals surface area contributed by atoms with Crippen molar-refractivity contribution < 1.29 is 9.18 Å². The van der Waals surface area contributed by atoms with Crippen LogP contribution in [-0.2, 0) is 11.3 Å². The number of fused-ring (bicyclic) bond motifs is 1. The van der Waals surface area contributed by atoms with Crippen molar-refractivity contribution in [2.75, 3.05) is 13.1 Å². The van der Waals surface area contributed by atoms with Crippen LogP contribution < -0.4 is 11.0 Å². The van der Waals surface area contributed by atoms with Gasteiger partial charge in [0.05, 0.1) is 21.9 Å². The molecule has 0 aromatic carbocycles. The number of thiophene rings is 1. The maximum atomic E-state index is 13.4. The number of hydrazine groups is 1. The Balaban J connectivity index is 1.56. The van der Waals surface area contributed by atoms with Crippen LogP contribution >= 0.6 is 22.9 Å². The molecule has 34 heavy (non-hydrogen) atoms. The number of rotatable bonds is 6. The van der Waals surface area contributed by atoms with E-state index >= 15 is 0 Å². The predicted molar refractivity (Wildman–Crippen MR) is 130 cm³/mol. The Labute approximate surface area is 203 Å². The van der Waals surface area contributed by atoms with Gasteiger partial charge in [-0.1, -0.05) is 17.7 Å². The number of nitrogens with one attached hydrogen (secondary N) is 2. The number of halogens is 2. The molecule has 176 valence electrons. The molecule has 4 aromatic heterocycles. The maximum Gasteiger partial charge on any atom is 0.275 e. The summed E-state index contributed by atoms with van der Waals surface area (Å²) in [6.07, 6.45) is 4.87. The minimum absolute atomic E-state index is 0.121. The van der Waals surface area contributed by atoms with Gasteiger partial charge in [0.25, 0.3) is 5.56 Å². The van der Waals surface area contributed by atoms with E-state index in [0.29, 0.717) is 42.0 Å². The van der Waals surface area contributed by atoms with Gasteiger partial charge < -0.3 is 9.55 Å². The van der Waals surface area contributed by atoms with Crippen molar-refractivity contribution in [3.8, 4) is 21.7 Å². The molecule has 4 aromatic rings. The fourth-order valence-corrected chi connectivity index (χ4v) is 5.50. The van der Waals surface area contributed by atoms with Crippen LogP contribution in [0.2, 0.25) is 5.02 Å². The molecule has 5 heterocycles. The molecule has 5 rings (SSSR count). The number of aromatic amines is 1. The number of carbonyl (C=O) groups is 1. The van der Waals surface area contributed by atoms with Gasteiger partial charge in [-0.3, -0.25) is 20.0 Å². The summed E-state index contributed by atoms with van der Waals surface area (Å²) in [5.41, 5.74) is 5.69. The number of alkyl halides is 1. The van der Waals surface area contributed by atoms with Gasteiger partial charge in [-0.15, -0.1) is 11.3 Å². The first-order valence-corrected chi connectivity index (χ1v) is 12.2. The van der Waals surface area contributed by atoms with Crippen LogP contribution in [0.4, 0.5) is 4.39 Å². The van der Waals surface area contributed by atoms with Crippen molar-refractivity contribution in [3.63, 3.8) is 0 Å². The Bertz CT molecular complexity index is 1380. The average molecular weight is 501 g/mol. The van der Waals surface area contributed by atoms with E-state index in [1.165, 1.54) is 17.7 Å². The van der Waals surface area contributed by atoms with E-state index in [1.54, 1.807) is 23.5 Å². The molecule has 0 atom stereocenters. The predicted octanol–water partition coefficient (Wildman–Crippen LogP) is 4.02. The number of hydrogen-bond acceptors (Lipinski definition) is 6. The molecule has 1 fully saturated rings. The summed E-state index contributed by atoms with van der Waals surface area (Å²) in [6, 6.07) is 5.52. The fourth-order valence-electron chi connectivity index (χ4n) is 4.30. The van der Waals surface area contributed by atoms with E-state index < -0.39 is 6.17 Å². The second-order valence-electron chi connectivity index (χ2n) is 8.09. The van der Waals surface area contributed by atoms with Crippen LogP contribution in [-0.4, -0.2) is 49.7 Å². The fraction of sp³-hybridized carbons (Fsp3) is 0.304. The van der Waals surface area contributed by atoms with Gasteiger partial charge in [0.15, 0.2) is 0 Å². The molecule has 8 nitrogen and oxygen atoms in total. The van der Waals surface area contributed by atoms with Gasteiger partial charge in [0, 0.05) is 49.6 Å². The SMILES string of the molecule is O=C(CCn1c(-c2sccc2Cl)c(-c2cccnc2)c2nc[nH]c(=O)c21)NN1CCC(F)CC1. The highest BCUT2D eigenvalue weighted by Crippen LogP contribution is 2.43. The standard InChI is InChI=1S/C23H22ClFN6O2S/c24-16-6-11-34-22(16)20-18(14-2-1-7-26-12-14)19-21(23(33)28-13-27-19)31(20)10-5-17(32)29-30-8-3-15(25)4-9-30/h1-2,6-7,11-13,15H,3-5,8-10H2,(H,29,32)(H,27,28,33). The Hall–Kier alpha value is -3.08. The molecule has 1 aliphatic heterocycles. The molecule has 11 heteroatoms. The van der Waals surface area contributed by atoms with Gasteiger partial charge in [-0.05, 0) is 30.4 Å². The number of pyridine rings is 1. The van der Waals surface area contributed by atoms with Crippen molar-refractivity contribution in [3.05, 3.63) is 57.7 Å². The first-order chi connectivity index (χ1) is 16.5. The molecule has 0 aliphatic carbocycles. The van der Waals surface area contributed by atoms with E-state index in [2.05, 4.69) is 20.4 Å². The third-order valence-corrected chi connectivity index (χ3v) is 7.24. The van der Waals surface area contributed by atoms with Gasteiger partial charge >= 0.3 is 0 Å². The van der Waals surface area contributed by atoms with Crippen molar-refractivity contribution in [2.45, 2.75) is 32.0 Å². The number of aromatic nitrogens is 4. The third kappa shape index (κ3) is 4.36. The molecule has 0 unspecified atom stereocenters. The molecule has 0 bridgehead atoms. The molecule has 1 aliphatic rings. The van der Waals surface area contributed by atoms with E-state index in [9.17, 15) is 14.0 Å². The zero-order valence-corrected chi connectivity index (χ0v) is 19.7. The van der Waals surface area contributed by atoms with Crippen molar-refractivity contribution in [1.82, 2.24) is 30.0 Å². The highest BCUT2D eigenvalue weighted by Gasteiger charge is 2.26. The summed E-state index contributed by atoms with van der Waals surface area (Å²) < 4.78 is 15.2. The number of amides is 1. The number of aryl methyl sites for hydroxylation is 1. The minimum atomic E-state index is -0.817. The highest BCUT2D eigenvalue weighted by molar-refractivity contribution is 7.14.